The maximum absolute atomic E-state index is 11.9. The molecule has 6 nitrogen and oxygen atoms in total. The lowest BCUT2D eigenvalue weighted by molar-refractivity contribution is 0.168. The number of hydrogen-bond acceptors (Lipinski definition) is 6. The number of hydrazone groups is 1. The van der Waals surface area contributed by atoms with Gasteiger partial charge in [0.25, 0.3) is 0 Å². The molecule has 0 saturated heterocycles. The molecule has 0 aliphatic rings. The highest BCUT2D eigenvalue weighted by molar-refractivity contribution is 7.20. The van der Waals surface area contributed by atoms with Gasteiger partial charge in [0.2, 0.25) is 5.13 Å². The summed E-state index contributed by atoms with van der Waals surface area (Å²) in [5, 5.41) is 8.15. The van der Waals surface area contributed by atoms with Gasteiger partial charge < -0.3 is 4.74 Å². The van der Waals surface area contributed by atoms with E-state index in [1.165, 1.54) is 11.3 Å². The van der Waals surface area contributed by atoms with Crippen LogP contribution in [0.15, 0.2) is 59.7 Å². The smallest absolute Gasteiger partial charge is 0.412 e. The lowest BCUT2D eigenvalue weighted by atomic mass is 10.1. The molecular formula is C20H20N4O2S. The summed E-state index contributed by atoms with van der Waals surface area (Å²) >= 11 is 1.30. The minimum absolute atomic E-state index is 0.303. The second kappa shape index (κ2) is 8.95. The highest BCUT2D eigenvalue weighted by Crippen LogP contribution is 2.36. The standard InChI is InChI=1S/C20H20N4O2S/c1-3-26-20(25)23-18-17(16-11-9-14(2)10-12-16)22-19(27-18)24-21-13-15-7-5-4-6-8-15/h4-13H,3H2,1-2H3,(H,22,24)(H,23,25)/b21-13-. The van der Waals surface area contributed by atoms with Gasteiger partial charge in [0, 0.05) is 5.56 Å². The molecule has 0 bridgehead atoms. The molecule has 138 valence electrons. The number of thiazole rings is 1. The Balaban J connectivity index is 1.83. The van der Waals surface area contributed by atoms with Crippen LogP contribution >= 0.6 is 11.3 Å². The van der Waals surface area contributed by atoms with E-state index in [1.54, 1.807) is 13.1 Å². The van der Waals surface area contributed by atoms with E-state index in [9.17, 15) is 4.79 Å². The molecule has 0 radical (unpaired) electrons. The van der Waals surface area contributed by atoms with E-state index in [4.69, 9.17) is 4.74 Å². The number of nitrogens with one attached hydrogen (secondary N) is 2. The molecule has 7 heteroatoms. The first-order chi connectivity index (χ1) is 13.2. The monoisotopic (exact) mass is 380 g/mol. The fourth-order valence-electron chi connectivity index (χ4n) is 2.32. The number of carbonyl (C=O) groups excluding carboxylic acids is 1. The zero-order chi connectivity index (χ0) is 19.1. The zero-order valence-electron chi connectivity index (χ0n) is 15.1. The molecule has 0 saturated carbocycles. The number of benzene rings is 2. The Morgan fingerprint density at radius 1 is 1.19 bits per heavy atom. The first-order valence-electron chi connectivity index (χ1n) is 8.51. The van der Waals surface area contributed by atoms with Crippen LogP contribution in [-0.2, 0) is 4.74 Å². The van der Waals surface area contributed by atoms with Crippen molar-refractivity contribution in [1.29, 1.82) is 0 Å². The molecular weight excluding hydrogens is 360 g/mol. The quantitative estimate of drug-likeness (QED) is 0.459. The summed E-state index contributed by atoms with van der Waals surface area (Å²) in [5.41, 5.74) is 6.63. The molecule has 27 heavy (non-hydrogen) atoms. The average molecular weight is 380 g/mol. The minimum atomic E-state index is -0.506. The van der Waals surface area contributed by atoms with Crippen LogP contribution in [0.2, 0.25) is 0 Å². The van der Waals surface area contributed by atoms with E-state index >= 15 is 0 Å². The maximum atomic E-state index is 11.9. The van der Waals surface area contributed by atoms with Gasteiger partial charge in [-0.25, -0.2) is 9.78 Å². The van der Waals surface area contributed by atoms with Gasteiger partial charge in [-0.05, 0) is 19.4 Å². The molecule has 3 aromatic rings. The van der Waals surface area contributed by atoms with E-state index < -0.39 is 6.09 Å². The third kappa shape index (κ3) is 5.15. The van der Waals surface area contributed by atoms with E-state index in [1.807, 2.05) is 61.5 Å². The minimum Gasteiger partial charge on any atom is -0.450 e. The van der Waals surface area contributed by atoms with Crippen LogP contribution in [0.5, 0.6) is 0 Å². The molecule has 0 fully saturated rings. The number of aryl methyl sites for hydroxylation is 1. The van der Waals surface area contributed by atoms with Crippen molar-refractivity contribution in [2.24, 2.45) is 5.10 Å². The third-order valence-corrected chi connectivity index (χ3v) is 4.49. The summed E-state index contributed by atoms with van der Waals surface area (Å²) in [4.78, 5) is 16.4. The number of nitrogens with zero attached hydrogens (tertiary/aromatic N) is 2. The van der Waals surface area contributed by atoms with Gasteiger partial charge in [-0.3, -0.25) is 10.7 Å². The van der Waals surface area contributed by atoms with E-state index in [-0.39, 0.29) is 0 Å². The highest BCUT2D eigenvalue weighted by atomic mass is 32.1. The van der Waals surface area contributed by atoms with Gasteiger partial charge in [0.15, 0.2) is 0 Å². The molecule has 0 spiro atoms. The van der Waals surface area contributed by atoms with Crippen LogP contribution in [0, 0.1) is 6.92 Å². The molecule has 1 heterocycles. The third-order valence-electron chi connectivity index (χ3n) is 3.62. The fraction of sp³-hybridized carbons (Fsp3) is 0.150. The summed E-state index contributed by atoms with van der Waals surface area (Å²) in [6.07, 6.45) is 1.21. The molecule has 1 amide bonds. The van der Waals surface area contributed by atoms with Crippen molar-refractivity contribution in [3.05, 3.63) is 65.7 Å². The van der Waals surface area contributed by atoms with E-state index in [0.717, 1.165) is 16.7 Å². The number of amides is 1. The van der Waals surface area contributed by atoms with Gasteiger partial charge in [-0.1, -0.05) is 71.5 Å². The zero-order valence-corrected chi connectivity index (χ0v) is 15.9. The molecule has 2 aromatic carbocycles. The Bertz CT molecular complexity index is 921. The Labute approximate surface area is 161 Å². The number of anilines is 2. The maximum Gasteiger partial charge on any atom is 0.412 e. The Hall–Kier alpha value is -3.19. The SMILES string of the molecule is CCOC(=O)Nc1sc(N/N=C\c2ccccc2)nc1-c1ccc(C)cc1. The first kappa shape index (κ1) is 18.6. The molecule has 0 aliphatic heterocycles. The highest BCUT2D eigenvalue weighted by Gasteiger charge is 2.16. The number of ether oxygens (including phenoxy) is 1. The number of aromatic nitrogens is 1. The van der Waals surface area contributed by atoms with Crippen LogP contribution in [0.3, 0.4) is 0 Å². The van der Waals surface area contributed by atoms with Crippen molar-refractivity contribution in [1.82, 2.24) is 4.98 Å². The van der Waals surface area contributed by atoms with Crippen molar-refractivity contribution in [3.8, 4) is 11.3 Å². The molecule has 1 aromatic heterocycles. The van der Waals surface area contributed by atoms with E-state index in [2.05, 4.69) is 20.8 Å². The largest absolute Gasteiger partial charge is 0.450 e. The predicted molar refractivity (Wildman–Crippen MR) is 111 cm³/mol. The van der Waals surface area contributed by atoms with Crippen LogP contribution in [-0.4, -0.2) is 23.9 Å². The topological polar surface area (TPSA) is 75.6 Å². The van der Waals surface area contributed by atoms with Crippen molar-refractivity contribution >= 4 is 33.8 Å². The van der Waals surface area contributed by atoms with Gasteiger partial charge in [-0.2, -0.15) is 5.10 Å². The van der Waals surface area contributed by atoms with Crippen molar-refractivity contribution in [3.63, 3.8) is 0 Å². The second-order valence-corrected chi connectivity index (χ2v) is 6.69. The van der Waals surface area contributed by atoms with Gasteiger partial charge >= 0.3 is 6.09 Å². The molecule has 0 aliphatic carbocycles. The lowest BCUT2D eigenvalue weighted by Gasteiger charge is -2.05. The normalized spacial score (nSPS) is 10.7. The Kier molecular flexibility index (Phi) is 6.17. The van der Waals surface area contributed by atoms with Gasteiger partial charge in [0.05, 0.1) is 12.8 Å². The number of hydrogen-bond donors (Lipinski definition) is 2. The summed E-state index contributed by atoms with van der Waals surface area (Å²) in [6.45, 7) is 4.09. The first-order valence-corrected chi connectivity index (χ1v) is 9.33. The van der Waals surface area contributed by atoms with Crippen molar-refractivity contribution in [2.45, 2.75) is 13.8 Å². The summed E-state index contributed by atoms with van der Waals surface area (Å²) < 4.78 is 4.98. The van der Waals surface area contributed by atoms with Crippen LogP contribution in [0.25, 0.3) is 11.3 Å². The Morgan fingerprint density at radius 2 is 1.93 bits per heavy atom. The van der Waals surface area contributed by atoms with Crippen molar-refractivity contribution < 1.29 is 9.53 Å². The second-order valence-electron chi connectivity index (χ2n) is 5.69. The predicted octanol–water partition coefficient (Wildman–Crippen LogP) is 5.13. The van der Waals surface area contributed by atoms with Crippen LogP contribution in [0.4, 0.5) is 14.9 Å². The fourth-order valence-corrected chi connectivity index (χ4v) is 3.14. The van der Waals surface area contributed by atoms with Crippen molar-refractivity contribution in [2.75, 3.05) is 17.3 Å². The van der Waals surface area contributed by atoms with Crippen LogP contribution in [0.1, 0.15) is 18.1 Å². The van der Waals surface area contributed by atoms with Crippen LogP contribution < -0.4 is 10.7 Å². The molecule has 0 unspecified atom stereocenters. The molecule has 3 rings (SSSR count). The summed E-state index contributed by atoms with van der Waals surface area (Å²) in [7, 11) is 0. The summed E-state index contributed by atoms with van der Waals surface area (Å²) in [5.74, 6) is 0. The molecule has 0 atom stereocenters. The van der Waals surface area contributed by atoms with Gasteiger partial charge in [0.1, 0.15) is 10.7 Å². The number of rotatable bonds is 6. The van der Waals surface area contributed by atoms with E-state index in [0.29, 0.717) is 22.4 Å². The summed E-state index contributed by atoms with van der Waals surface area (Å²) in [6, 6.07) is 17.7. The average Bonchev–Trinajstić information content (AvgIpc) is 3.06. The Morgan fingerprint density at radius 3 is 2.63 bits per heavy atom. The lowest BCUT2D eigenvalue weighted by Crippen LogP contribution is -2.12. The molecule has 2 N–H and O–H groups in total. The van der Waals surface area contributed by atoms with Gasteiger partial charge in [-0.15, -0.1) is 0 Å². The number of carbonyl (C=O) groups is 1.